The Bertz CT molecular complexity index is 582. The zero-order valence-corrected chi connectivity index (χ0v) is 12.1. The van der Waals surface area contributed by atoms with Crippen LogP contribution in [0.5, 0.6) is 0 Å². The third-order valence-electron chi connectivity index (χ3n) is 2.71. The van der Waals surface area contributed by atoms with Gasteiger partial charge in [0, 0.05) is 6.54 Å². The lowest BCUT2D eigenvalue weighted by molar-refractivity contribution is -0.119. The Hall–Kier alpha value is -1.60. The predicted octanol–water partition coefficient (Wildman–Crippen LogP) is 0.300. The van der Waals surface area contributed by atoms with E-state index in [-0.39, 0.29) is 23.0 Å². The average Bonchev–Trinajstić information content (AvgIpc) is 2.31. The Labute approximate surface area is 113 Å². The Balaban J connectivity index is 2.95. The van der Waals surface area contributed by atoms with Crippen molar-refractivity contribution in [3.05, 3.63) is 23.3 Å². The Kier molecular flexibility index (Phi) is 4.90. The summed E-state index contributed by atoms with van der Waals surface area (Å²) in [7, 11) is -3.78. The molecule has 0 radical (unpaired) electrons. The van der Waals surface area contributed by atoms with Crippen molar-refractivity contribution >= 4 is 21.6 Å². The van der Waals surface area contributed by atoms with Crippen molar-refractivity contribution in [1.82, 2.24) is 10.0 Å². The van der Waals surface area contributed by atoms with Crippen LogP contribution in [0.25, 0.3) is 0 Å². The van der Waals surface area contributed by atoms with Crippen LogP contribution in [-0.4, -0.2) is 27.4 Å². The van der Waals surface area contributed by atoms with Gasteiger partial charge in [-0.2, -0.15) is 0 Å². The predicted molar refractivity (Wildman–Crippen MR) is 74.2 cm³/mol. The molecule has 0 saturated carbocycles. The maximum Gasteiger partial charge on any atom is 0.243 e. The molecule has 0 spiro atoms. The topological polar surface area (TPSA) is 101 Å². The standard InChI is InChI=1S/C12H19N3O3S/c1-4-14-12(16)7-15-19(17,18)11-6-9(3)8(2)5-10(11)13/h5-6,15H,4,7,13H2,1-3H3,(H,14,16). The highest BCUT2D eigenvalue weighted by molar-refractivity contribution is 7.89. The van der Waals surface area contributed by atoms with Crippen molar-refractivity contribution < 1.29 is 13.2 Å². The van der Waals surface area contributed by atoms with Crippen LogP contribution in [0.2, 0.25) is 0 Å². The van der Waals surface area contributed by atoms with E-state index >= 15 is 0 Å². The molecule has 1 aromatic carbocycles. The molecule has 19 heavy (non-hydrogen) atoms. The molecular weight excluding hydrogens is 266 g/mol. The van der Waals surface area contributed by atoms with E-state index in [0.29, 0.717) is 6.54 Å². The van der Waals surface area contributed by atoms with Crippen LogP contribution in [0.3, 0.4) is 0 Å². The molecule has 0 aromatic heterocycles. The summed E-state index contributed by atoms with van der Waals surface area (Å²) in [5.74, 6) is -0.381. The van der Waals surface area contributed by atoms with Gasteiger partial charge in [-0.05, 0) is 44.0 Å². The van der Waals surface area contributed by atoms with Gasteiger partial charge < -0.3 is 11.1 Å². The van der Waals surface area contributed by atoms with Gasteiger partial charge in [0.05, 0.1) is 12.2 Å². The summed E-state index contributed by atoms with van der Waals surface area (Å²) in [4.78, 5) is 11.3. The maximum atomic E-state index is 12.1. The highest BCUT2D eigenvalue weighted by atomic mass is 32.2. The fourth-order valence-corrected chi connectivity index (χ4v) is 2.72. The van der Waals surface area contributed by atoms with Crippen molar-refractivity contribution in [2.24, 2.45) is 0 Å². The van der Waals surface area contributed by atoms with Crippen LogP contribution in [0.4, 0.5) is 5.69 Å². The Morgan fingerprint density at radius 2 is 1.84 bits per heavy atom. The molecule has 0 unspecified atom stereocenters. The average molecular weight is 285 g/mol. The number of sulfonamides is 1. The van der Waals surface area contributed by atoms with Gasteiger partial charge in [-0.15, -0.1) is 0 Å². The molecule has 0 saturated heterocycles. The van der Waals surface area contributed by atoms with Crippen molar-refractivity contribution in [3.8, 4) is 0 Å². The zero-order chi connectivity index (χ0) is 14.6. The van der Waals surface area contributed by atoms with Crippen LogP contribution in [-0.2, 0) is 14.8 Å². The van der Waals surface area contributed by atoms with Crippen molar-refractivity contribution in [2.45, 2.75) is 25.7 Å². The van der Waals surface area contributed by atoms with E-state index in [1.165, 1.54) is 6.07 Å². The minimum Gasteiger partial charge on any atom is -0.398 e. The first-order chi connectivity index (χ1) is 8.77. The Morgan fingerprint density at radius 3 is 2.42 bits per heavy atom. The molecule has 1 aromatic rings. The lowest BCUT2D eigenvalue weighted by Gasteiger charge is -2.11. The molecule has 0 fully saturated rings. The van der Waals surface area contributed by atoms with E-state index in [1.54, 1.807) is 19.9 Å². The number of likely N-dealkylation sites (N-methyl/N-ethyl adjacent to an activating group) is 1. The number of nitrogens with two attached hydrogens (primary N) is 1. The van der Waals surface area contributed by atoms with Gasteiger partial charge in [0.2, 0.25) is 15.9 Å². The van der Waals surface area contributed by atoms with Gasteiger partial charge >= 0.3 is 0 Å². The SMILES string of the molecule is CCNC(=O)CNS(=O)(=O)c1cc(C)c(C)cc1N. The van der Waals surface area contributed by atoms with Crippen LogP contribution >= 0.6 is 0 Å². The number of rotatable bonds is 5. The summed E-state index contributed by atoms with van der Waals surface area (Å²) >= 11 is 0. The number of amides is 1. The third kappa shape index (κ3) is 3.93. The zero-order valence-electron chi connectivity index (χ0n) is 11.3. The van der Waals surface area contributed by atoms with Gasteiger partial charge in [-0.1, -0.05) is 0 Å². The van der Waals surface area contributed by atoms with Crippen LogP contribution < -0.4 is 15.8 Å². The molecule has 106 valence electrons. The number of carbonyl (C=O) groups is 1. The van der Waals surface area contributed by atoms with Crippen LogP contribution in [0.15, 0.2) is 17.0 Å². The number of aryl methyl sites for hydroxylation is 2. The monoisotopic (exact) mass is 285 g/mol. The van der Waals surface area contributed by atoms with Gasteiger partial charge in [-0.25, -0.2) is 13.1 Å². The summed E-state index contributed by atoms with van der Waals surface area (Å²) in [6, 6.07) is 3.11. The molecule has 0 atom stereocenters. The first-order valence-electron chi connectivity index (χ1n) is 5.91. The second-order valence-electron chi connectivity index (χ2n) is 4.25. The normalized spacial score (nSPS) is 11.3. The molecule has 4 N–H and O–H groups in total. The van der Waals surface area contributed by atoms with Gasteiger partial charge in [0.1, 0.15) is 4.90 Å². The lowest BCUT2D eigenvalue weighted by Crippen LogP contribution is -2.37. The maximum absolute atomic E-state index is 12.1. The summed E-state index contributed by atoms with van der Waals surface area (Å²) in [6.45, 7) is 5.56. The summed E-state index contributed by atoms with van der Waals surface area (Å²) < 4.78 is 26.3. The fraction of sp³-hybridized carbons (Fsp3) is 0.417. The Morgan fingerprint density at radius 1 is 1.26 bits per heavy atom. The molecule has 0 aliphatic heterocycles. The van der Waals surface area contributed by atoms with Gasteiger partial charge in [0.15, 0.2) is 0 Å². The molecule has 0 aliphatic rings. The highest BCUT2D eigenvalue weighted by Gasteiger charge is 2.19. The van der Waals surface area contributed by atoms with Crippen molar-refractivity contribution in [1.29, 1.82) is 0 Å². The van der Waals surface area contributed by atoms with E-state index in [9.17, 15) is 13.2 Å². The summed E-state index contributed by atoms with van der Waals surface area (Å²) in [6.07, 6.45) is 0. The van der Waals surface area contributed by atoms with Crippen LogP contribution in [0, 0.1) is 13.8 Å². The largest absolute Gasteiger partial charge is 0.398 e. The first-order valence-corrected chi connectivity index (χ1v) is 7.39. The number of benzene rings is 1. The number of nitrogen functional groups attached to an aromatic ring is 1. The lowest BCUT2D eigenvalue weighted by atomic mass is 10.1. The fourth-order valence-electron chi connectivity index (χ4n) is 1.54. The van der Waals surface area contributed by atoms with E-state index in [0.717, 1.165) is 11.1 Å². The number of carbonyl (C=O) groups excluding carboxylic acids is 1. The minimum absolute atomic E-state index is 0.0000940. The molecule has 1 amide bonds. The molecule has 0 bridgehead atoms. The smallest absolute Gasteiger partial charge is 0.243 e. The number of nitrogens with one attached hydrogen (secondary N) is 2. The molecular formula is C12H19N3O3S. The van der Waals surface area contributed by atoms with Gasteiger partial charge in [-0.3, -0.25) is 4.79 Å². The quantitative estimate of drug-likeness (QED) is 0.677. The van der Waals surface area contributed by atoms with E-state index in [1.807, 2.05) is 6.92 Å². The molecule has 0 heterocycles. The first kappa shape index (κ1) is 15.5. The second-order valence-corrected chi connectivity index (χ2v) is 5.99. The molecule has 0 aliphatic carbocycles. The van der Waals surface area contributed by atoms with Crippen LogP contribution in [0.1, 0.15) is 18.1 Å². The minimum atomic E-state index is -3.78. The molecule has 6 nitrogen and oxygen atoms in total. The highest BCUT2D eigenvalue weighted by Crippen LogP contribution is 2.22. The summed E-state index contributed by atoms with van der Waals surface area (Å²) in [5, 5.41) is 2.51. The van der Waals surface area contributed by atoms with E-state index < -0.39 is 10.0 Å². The van der Waals surface area contributed by atoms with Gasteiger partial charge in [0.25, 0.3) is 0 Å². The summed E-state index contributed by atoms with van der Waals surface area (Å²) in [5.41, 5.74) is 7.64. The number of hydrogen-bond acceptors (Lipinski definition) is 4. The van der Waals surface area contributed by atoms with E-state index in [4.69, 9.17) is 5.73 Å². The molecule has 1 rings (SSSR count). The van der Waals surface area contributed by atoms with Crippen molar-refractivity contribution in [2.75, 3.05) is 18.8 Å². The van der Waals surface area contributed by atoms with Crippen molar-refractivity contribution in [3.63, 3.8) is 0 Å². The number of hydrogen-bond donors (Lipinski definition) is 3. The second kappa shape index (κ2) is 6.03. The molecule has 7 heteroatoms. The van der Waals surface area contributed by atoms with E-state index in [2.05, 4.69) is 10.0 Å². The third-order valence-corrected chi connectivity index (χ3v) is 4.17. The number of anilines is 1.